The molecule has 0 radical (unpaired) electrons. The van der Waals surface area contributed by atoms with Gasteiger partial charge >= 0.3 is 0 Å². The highest BCUT2D eigenvalue weighted by Gasteiger charge is 2.30. The van der Waals surface area contributed by atoms with Crippen molar-refractivity contribution in [3.63, 3.8) is 0 Å². The second-order valence-electron chi connectivity index (χ2n) is 6.58. The first kappa shape index (κ1) is 17.6. The first-order valence-corrected chi connectivity index (χ1v) is 7.41. The molecule has 118 valence electrons. The first-order valence-electron chi connectivity index (χ1n) is 7.41. The number of carbonyl (C=O) groups is 1. The van der Waals surface area contributed by atoms with Crippen LogP contribution in [0.15, 0.2) is 24.3 Å². The van der Waals surface area contributed by atoms with Gasteiger partial charge in [0.25, 0.3) is 0 Å². The van der Waals surface area contributed by atoms with Crippen molar-refractivity contribution >= 4 is 5.91 Å². The maximum absolute atomic E-state index is 13.0. The number of amides is 1. The van der Waals surface area contributed by atoms with Gasteiger partial charge in [-0.2, -0.15) is 0 Å². The van der Waals surface area contributed by atoms with Gasteiger partial charge in [-0.1, -0.05) is 39.8 Å². The Kier molecular flexibility index (Phi) is 6.34. The van der Waals surface area contributed by atoms with E-state index in [0.29, 0.717) is 19.4 Å². The topological polar surface area (TPSA) is 49.3 Å². The Hall–Kier alpha value is -1.42. The fraction of sp³-hybridized carbons (Fsp3) is 0.588. The van der Waals surface area contributed by atoms with E-state index >= 15 is 0 Å². The average molecular weight is 295 g/mol. The molecule has 0 aliphatic heterocycles. The lowest BCUT2D eigenvalue weighted by molar-refractivity contribution is -0.122. The van der Waals surface area contributed by atoms with Gasteiger partial charge in [0.05, 0.1) is 6.10 Å². The summed E-state index contributed by atoms with van der Waals surface area (Å²) in [6.07, 6.45) is 0.356. The Morgan fingerprint density at radius 2 is 2.05 bits per heavy atom. The van der Waals surface area contributed by atoms with E-state index < -0.39 is 6.10 Å². The number of hydrogen-bond acceptors (Lipinski definition) is 2. The molecule has 1 amide bonds. The van der Waals surface area contributed by atoms with Crippen molar-refractivity contribution in [2.45, 2.75) is 46.6 Å². The van der Waals surface area contributed by atoms with Gasteiger partial charge in [0, 0.05) is 18.4 Å². The van der Waals surface area contributed by atoms with E-state index in [9.17, 15) is 14.3 Å². The molecular formula is C17H26FNO2. The van der Waals surface area contributed by atoms with Gasteiger partial charge in [-0.25, -0.2) is 4.39 Å². The summed E-state index contributed by atoms with van der Waals surface area (Å²) in [4.78, 5) is 11.9. The van der Waals surface area contributed by atoms with Crippen molar-refractivity contribution < 1.29 is 14.3 Å². The van der Waals surface area contributed by atoms with Crippen LogP contribution in [0.3, 0.4) is 0 Å². The van der Waals surface area contributed by atoms with E-state index in [0.717, 1.165) is 5.56 Å². The van der Waals surface area contributed by atoms with E-state index in [1.165, 1.54) is 12.1 Å². The number of carbonyl (C=O) groups excluding carboxylic acids is 1. The highest BCUT2D eigenvalue weighted by molar-refractivity contribution is 5.76. The molecule has 1 aromatic carbocycles. The number of aliphatic hydroxyl groups excluding tert-OH is 1. The summed E-state index contributed by atoms with van der Waals surface area (Å²) in [5, 5.41) is 13.0. The Morgan fingerprint density at radius 1 is 1.38 bits per heavy atom. The summed E-state index contributed by atoms with van der Waals surface area (Å²) in [5.74, 6) is -0.221. The average Bonchev–Trinajstić information content (AvgIpc) is 2.42. The number of halogens is 1. The first-order chi connectivity index (χ1) is 9.72. The third-order valence-electron chi connectivity index (χ3n) is 3.70. The lowest BCUT2D eigenvalue weighted by Gasteiger charge is -2.33. The number of aryl methyl sites for hydroxylation is 1. The number of nitrogens with one attached hydrogen (secondary N) is 1. The van der Waals surface area contributed by atoms with Crippen LogP contribution in [0.25, 0.3) is 0 Å². The summed E-state index contributed by atoms with van der Waals surface area (Å²) in [6, 6.07) is 6.28. The molecule has 1 aromatic rings. The van der Waals surface area contributed by atoms with Crippen LogP contribution < -0.4 is 5.32 Å². The zero-order chi connectivity index (χ0) is 16.0. The minimum absolute atomic E-state index is 0.0803. The van der Waals surface area contributed by atoms with E-state index in [4.69, 9.17) is 0 Å². The summed E-state index contributed by atoms with van der Waals surface area (Å²) < 4.78 is 13.0. The Labute approximate surface area is 126 Å². The van der Waals surface area contributed by atoms with E-state index in [1.807, 2.05) is 33.8 Å². The molecular weight excluding hydrogens is 269 g/mol. The fourth-order valence-corrected chi connectivity index (χ4v) is 2.37. The molecule has 3 nitrogen and oxygen atoms in total. The maximum Gasteiger partial charge on any atom is 0.220 e. The van der Waals surface area contributed by atoms with Crippen LogP contribution in [0.5, 0.6) is 0 Å². The predicted octanol–water partition coefficient (Wildman–Crippen LogP) is 2.92. The number of aliphatic hydroxyl groups is 1. The zero-order valence-corrected chi connectivity index (χ0v) is 13.3. The van der Waals surface area contributed by atoms with Gasteiger partial charge in [0.1, 0.15) is 5.82 Å². The molecule has 1 rings (SSSR count). The van der Waals surface area contributed by atoms with Gasteiger partial charge < -0.3 is 10.4 Å². The number of benzene rings is 1. The van der Waals surface area contributed by atoms with Crippen molar-refractivity contribution in [1.82, 2.24) is 5.32 Å². The van der Waals surface area contributed by atoms with Crippen LogP contribution in [0.1, 0.15) is 39.7 Å². The Balaban J connectivity index is 2.41. The lowest BCUT2D eigenvalue weighted by atomic mass is 9.80. The molecule has 0 bridgehead atoms. The van der Waals surface area contributed by atoms with Crippen molar-refractivity contribution in [3.8, 4) is 0 Å². The minimum Gasteiger partial charge on any atom is -0.392 e. The monoisotopic (exact) mass is 295 g/mol. The molecule has 2 N–H and O–H groups in total. The summed E-state index contributed by atoms with van der Waals surface area (Å²) in [6.45, 7) is 8.21. The van der Waals surface area contributed by atoms with Crippen LogP contribution in [0, 0.1) is 17.2 Å². The molecule has 0 saturated heterocycles. The van der Waals surface area contributed by atoms with Gasteiger partial charge in [-0.05, 0) is 30.0 Å². The number of rotatable bonds is 7. The van der Waals surface area contributed by atoms with Crippen molar-refractivity contribution in [2.75, 3.05) is 6.54 Å². The molecule has 0 heterocycles. The van der Waals surface area contributed by atoms with E-state index in [2.05, 4.69) is 5.32 Å². The second kappa shape index (κ2) is 7.55. The maximum atomic E-state index is 13.0. The van der Waals surface area contributed by atoms with Crippen LogP contribution in [0.4, 0.5) is 4.39 Å². The molecule has 1 atom stereocenters. The highest BCUT2D eigenvalue weighted by atomic mass is 19.1. The van der Waals surface area contributed by atoms with Gasteiger partial charge in [0.15, 0.2) is 0 Å². The molecule has 0 aliphatic carbocycles. The third kappa shape index (κ3) is 5.84. The van der Waals surface area contributed by atoms with Crippen molar-refractivity contribution in [2.24, 2.45) is 11.3 Å². The zero-order valence-electron chi connectivity index (χ0n) is 13.3. The Bertz CT molecular complexity index is 472. The summed E-state index contributed by atoms with van der Waals surface area (Å²) in [7, 11) is 0. The molecule has 0 aromatic heterocycles. The van der Waals surface area contributed by atoms with Crippen molar-refractivity contribution in [3.05, 3.63) is 35.6 Å². The standard InChI is InChI=1S/C17H26FNO2/c1-12(2)16(21)17(3,4)11-19-15(20)9-8-13-6-5-7-14(18)10-13/h5-7,10,12,16,21H,8-9,11H2,1-4H3,(H,19,20). The molecule has 0 saturated carbocycles. The quantitative estimate of drug-likeness (QED) is 0.812. The smallest absolute Gasteiger partial charge is 0.220 e. The fourth-order valence-electron chi connectivity index (χ4n) is 2.37. The molecule has 21 heavy (non-hydrogen) atoms. The van der Waals surface area contributed by atoms with Crippen LogP contribution in [-0.4, -0.2) is 23.7 Å². The van der Waals surface area contributed by atoms with E-state index in [-0.39, 0.29) is 23.1 Å². The molecule has 4 heteroatoms. The Morgan fingerprint density at radius 3 is 2.62 bits per heavy atom. The van der Waals surface area contributed by atoms with Crippen molar-refractivity contribution in [1.29, 1.82) is 0 Å². The van der Waals surface area contributed by atoms with E-state index in [1.54, 1.807) is 6.07 Å². The normalized spacial score (nSPS) is 13.3. The largest absolute Gasteiger partial charge is 0.392 e. The minimum atomic E-state index is -0.471. The SMILES string of the molecule is CC(C)C(O)C(C)(C)CNC(=O)CCc1cccc(F)c1. The van der Waals surface area contributed by atoms with Gasteiger partial charge in [0.2, 0.25) is 5.91 Å². The summed E-state index contributed by atoms with van der Waals surface area (Å²) in [5.41, 5.74) is 0.439. The highest BCUT2D eigenvalue weighted by Crippen LogP contribution is 2.25. The lowest BCUT2D eigenvalue weighted by Crippen LogP contribution is -2.43. The van der Waals surface area contributed by atoms with Crippen LogP contribution in [0.2, 0.25) is 0 Å². The predicted molar refractivity (Wildman–Crippen MR) is 82.4 cm³/mol. The van der Waals surface area contributed by atoms with Gasteiger partial charge in [-0.15, -0.1) is 0 Å². The van der Waals surface area contributed by atoms with Crippen LogP contribution in [-0.2, 0) is 11.2 Å². The molecule has 0 spiro atoms. The van der Waals surface area contributed by atoms with Gasteiger partial charge in [-0.3, -0.25) is 4.79 Å². The van der Waals surface area contributed by atoms with Crippen LogP contribution >= 0.6 is 0 Å². The number of hydrogen-bond donors (Lipinski definition) is 2. The molecule has 0 aliphatic rings. The summed E-state index contributed by atoms with van der Waals surface area (Å²) >= 11 is 0. The second-order valence-corrected chi connectivity index (χ2v) is 6.58. The third-order valence-corrected chi connectivity index (χ3v) is 3.70. The molecule has 0 fully saturated rings. The molecule has 1 unspecified atom stereocenters.